The molecule has 0 bridgehead atoms. The van der Waals surface area contributed by atoms with Gasteiger partial charge in [0.2, 0.25) is 0 Å². The smallest absolute Gasteiger partial charge is 1.00 e. The zero-order chi connectivity index (χ0) is 0. The maximum absolute atomic E-state index is 0. The molecule has 0 spiro atoms. The first-order chi connectivity index (χ1) is 0. The van der Waals surface area contributed by atoms with Crippen LogP contribution in [0.25, 0.3) is 0 Å². The quantitative estimate of drug-likeness (QED) is 0.311. The largest absolute Gasteiger partial charge is 2.00 e. The van der Waals surface area contributed by atoms with Crippen molar-refractivity contribution in [1.82, 2.24) is 6.15 Å². The molecule has 0 saturated carbocycles. The summed E-state index contributed by atoms with van der Waals surface area (Å²) in [7, 11) is 0. The minimum absolute atomic E-state index is 0. The van der Waals surface area contributed by atoms with Crippen LogP contribution in [-0.2, 0) is 0 Å². The van der Waals surface area contributed by atoms with Crippen molar-refractivity contribution in [3.05, 3.63) is 0 Å². The molecule has 0 unspecified atom stereocenters. The Kier molecular flexibility index (Phi) is 398. The van der Waals surface area contributed by atoms with Gasteiger partial charge in [-0.25, -0.2) is 0 Å². The van der Waals surface area contributed by atoms with Gasteiger partial charge in [-0.1, -0.05) is 0 Å². The van der Waals surface area contributed by atoms with E-state index in [2.05, 4.69) is 0 Å². The maximum Gasteiger partial charge on any atom is 2.00 e. The van der Waals surface area contributed by atoms with Gasteiger partial charge < -0.3 is 31.0 Å². The van der Waals surface area contributed by atoms with Crippen molar-refractivity contribution in [3.8, 4) is 0 Å². The molecule has 3 N–H and O–H groups in total. The van der Waals surface area contributed by atoms with Gasteiger partial charge >= 0.3 is 23.1 Å². The Balaban J connectivity index is 0. The van der Waals surface area contributed by atoms with E-state index in [9.17, 15) is 0 Å². The average Bonchev–Trinajstić information content (AvgIpc) is 0. The summed E-state index contributed by atoms with van der Waals surface area (Å²) in [5, 5.41) is 0. The molecule has 4 heavy (non-hydrogen) atoms. The van der Waals surface area contributed by atoms with E-state index < -0.39 is 0 Å². The Morgan fingerprint density at radius 3 is 0.750 bits per heavy atom. The normalized spacial score (nSPS) is 0. The van der Waals surface area contributed by atoms with E-state index in [0.29, 0.717) is 0 Å². The second kappa shape index (κ2) is 27.6. The summed E-state index contributed by atoms with van der Waals surface area (Å²) in [5.41, 5.74) is 0. The second-order valence-electron chi connectivity index (χ2n) is 0. The van der Waals surface area contributed by atoms with Crippen molar-refractivity contribution in [1.29, 1.82) is 0 Å². The monoisotopic (exact) mass is 111 g/mol. The standard InChI is InChI=1S/2ClH.Mg.H3N/h2*1H;;1H3/q;;+2;/p-2. The van der Waals surface area contributed by atoms with Gasteiger partial charge in [-0.2, -0.15) is 0 Å². The van der Waals surface area contributed by atoms with Crippen LogP contribution in [0.2, 0.25) is 0 Å². The van der Waals surface area contributed by atoms with E-state index >= 15 is 0 Å². The molecule has 0 atom stereocenters. The summed E-state index contributed by atoms with van der Waals surface area (Å²) in [6, 6.07) is 0. The number of halogens is 2. The predicted octanol–water partition coefficient (Wildman–Crippen LogP) is -6.21. The van der Waals surface area contributed by atoms with Crippen LogP contribution in [0.4, 0.5) is 0 Å². The molecule has 0 saturated heterocycles. The van der Waals surface area contributed by atoms with E-state index in [0.717, 1.165) is 0 Å². The number of rotatable bonds is 0. The number of hydrogen-bond acceptors (Lipinski definition) is 1. The van der Waals surface area contributed by atoms with Crippen LogP contribution in [0.1, 0.15) is 0 Å². The van der Waals surface area contributed by atoms with E-state index in [1.807, 2.05) is 0 Å². The van der Waals surface area contributed by atoms with Gasteiger partial charge in [0.15, 0.2) is 0 Å². The second-order valence-corrected chi connectivity index (χ2v) is 0. The molecule has 0 heterocycles. The molecule has 0 radical (unpaired) electrons. The van der Waals surface area contributed by atoms with Crippen LogP contribution in [0.15, 0.2) is 0 Å². The van der Waals surface area contributed by atoms with Crippen LogP contribution < -0.4 is 31.0 Å². The van der Waals surface area contributed by atoms with E-state index in [4.69, 9.17) is 0 Å². The Morgan fingerprint density at radius 2 is 0.750 bits per heavy atom. The fourth-order valence-corrected chi connectivity index (χ4v) is 0. The van der Waals surface area contributed by atoms with Gasteiger partial charge in [-0.15, -0.1) is 0 Å². The van der Waals surface area contributed by atoms with Crippen molar-refractivity contribution < 1.29 is 24.8 Å². The Bertz CT molecular complexity index is 6.00. The van der Waals surface area contributed by atoms with Crippen LogP contribution >= 0.6 is 0 Å². The van der Waals surface area contributed by atoms with Crippen molar-refractivity contribution in [2.75, 3.05) is 0 Å². The van der Waals surface area contributed by atoms with Gasteiger partial charge in [0.05, 0.1) is 0 Å². The molecule has 0 aliphatic rings. The fraction of sp³-hybridized carbons (Fsp3) is 0. The molecule has 0 fully saturated rings. The summed E-state index contributed by atoms with van der Waals surface area (Å²) in [6.45, 7) is 0. The van der Waals surface area contributed by atoms with Crippen molar-refractivity contribution in [2.24, 2.45) is 0 Å². The Labute approximate surface area is 54.1 Å². The van der Waals surface area contributed by atoms with Gasteiger partial charge in [-0.3, -0.25) is 0 Å². The Hall–Kier alpha value is 1.31. The summed E-state index contributed by atoms with van der Waals surface area (Å²) >= 11 is 0. The number of hydrogen-bond donors (Lipinski definition) is 1. The molecule has 4 heteroatoms. The third-order valence-electron chi connectivity index (χ3n) is 0. The molecule has 0 aromatic rings. The van der Waals surface area contributed by atoms with Gasteiger partial charge in [-0.05, 0) is 0 Å². The molecule has 0 amide bonds. The third kappa shape index (κ3) is 10.3. The first-order valence-electron chi connectivity index (χ1n) is 0. The van der Waals surface area contributed by atoms with Crippen molar-refractivity contribution >= 4 is 23.1 Å². The molecule has 0 aromatic heterocycles. The molecule has 0 aliphatic heterocycles. The van der Waals surface area contributed by atoms with Crippen LogP contribution in [0.3, 0.4) is 0 Å². The van der Waals surface area contributed by atoms with Crippen molar-refractivity contribution in [3.63, 3.8) is 0 Å². The molecular formula is H3Cl2MgN. The molecule has 24 valence electrons. The topological polar surface area (TPSA) is 35.0 Å². The van der Waals surface area contributed by atoms with Crippen LogP contribution in [-0.4, -0.2) is 23.1 Å². The third-order valence-corrected chi connectivity index (χ3v) is 0. The van der Waals surface area contributed by atoms with Crippen LogP contribution in [0, 0.1) is 0 Å². The molecule has 0 rings (SSSR count). The predicted molar refractivity (Wildman–Crippen MR) is 10.8 cm³/mol. The fourth-order valence-electron chi connectivity index (χ4n) is 0. The minimum atomic E-state index is 0. The molecule has 0 aromatic carbocycles. The SMILES string of the molecule is N.[Cl-].[Cl-].[Mg+2]. The minimum Gasteiger partial charge on any atom is -1.00 e. The van der Waals surface area contributed by atoms with Gasteiger partial charge in [0.1, 0.15) is 0 Å². The van der Waals surface area contributed by atoms with E-state index in [1.54, 1.807) is 0 Å². The van der Waals surface area contributed by atoms with Gasteiger partial charge in [0.25, 0.3) is 0 Å². The molecule has 0 aliphatic carbocycles. The van der Waals surface area contributed by atoms with E-state index in [1.165, 1.54) is 0 Å². The summed E-state index contributed by atoms with van der Waals surface area (Å²) in [6.07, 6.45) is 0. The van der Waals surface area contributed by atoms with Crippen LogP contribution in [0.5, 0.6) is 0 Å². The van der Waals surface area contributed by atoms with Crippen molar-refractivity contribution in [2.45, 2.75) is 0 Å². The first kappa shape index (κ1) is 57.7. The van der Waals surface area contributed by atoms with Gasteiger partial charge in [0, 0.05) is 0 Å². The first-order valence-corrected chi connectivity index (χ1v) is 0. The maximum atomic E-state index is 0. The summed E-state index contributed by atoms with van der Waals surface area (Å²) in [5.74, 6) is 0. The summed E-state index contributed by atoms with van der Waals surface area (Å²) < 4.78 is 0. The zero-order valence-electron chi connectivity index (χ0n) is 2.17. The average molecular weight is 112 g/mol. The molecule has 1 nitrogen and oxygen atoms in total. The Morgan fingerprint density at radius 1 is 0.750 bits per heavy atom. The zero-order valence-corrected chi connectivity index (χ0v) is 5.10. The molecular weight excluding hydrogens is 109 g/mol. The van der Waals surface area contributed by atoms with E-state index in [-0.39, 0.29) is 54.0 Å². The summed E-state index contributed by atoms with van der Waals surface area (Å²) in [4.78, 5) is 0.